The number of ether oxygens (including phenoxy) is 2. The van der Waals surface area contributed by atoms with E-state index in [1.165, 1.54) is 0 Å². The average molecular weight is 427 g/mol. The largest absolute Gasteiger partial charge is 0.476 e. The van der Waals surface area contributed by atoms with E-state index in [0.717, 1.165) is 18.4 Å². The van der Waals surface area contributed by atoms with Crippen molar-refractivity contribution in [2.75, 3.05) is 26.7 Å². The fourth-order valence-corrected chi connectivity index (χ4v) is 3.29. The van der Waals surface area contributed by atoms with Gasteiger partial charge in [0.1, 0.15) is 5.60 Å². The van der Waals surface area contributed by atoms with E-state index in [9.17, 15) is 9.59 Å². The number of piperidine rings is 1. The lowest BCUT2D eigenvalue weighted by Gasteiger charge is -2.33. The Morgan fingerprint density at radius 3 is 2.32 bits per heavy atom. The number of hydrogen-bond donors (Lipinski definition) is 1. The first-order valence-electron chi connectivity index (χ1n) is 10.5. The predicted molar refractivity (Wildman–Crippen MR) is 117 cm³/mol. The monoisotopic (exact) mass is 426 g/mol. The van der Waals surface area contributed by atoms with Crippen LogP contribution in [-0.2, 0) is 4.74 Å². The summed E-state index contributed by atoms with van der Waals surface area (Å²) in [6, 6.07) is 7.19. The van der Waals surface area contributed by atoms with Gasteiger partial charge in [0.15, 0.2) is 0 Å². The molecule has 0 unspecified atom stereocenters. The molecule has 31 heavy (non-hydrogen) atoms. The van der Waals surface area contributed by atoms with Gasteiger partial charge >= 0.3 is 6.09 Å². The van der Waals surface area contributed by atoms with E-state index in [1.54, 1.807) is 36.5 Å². The molecule has 1 N–H and O–H groups in total. The Morgan fingerprint density at radius 1 is 1.10 bits per heavy atom. The molecule has 0 radical (unpaired) electrons. The highest BCUT2D eigenvalue weighted by Gasteiger charge is 2.27. The Hall–Kier alpha value is -3.16. The van der Waals surface area contributed by atoms with Gasteiger partial charge in [-0.25, -0.2) is 14.8 Å². The highest BCUT2D eigenvalue weighted by Crippen LogP contribution is 2.22. The van der Waals surface area contributed by atoms with Gasteiger partial charge in [0, 0.05) is 31.3 Å². The van der Waals surface area contributed by atoms with Crippen LogP contribution in [0.5, 0.6) is 5.88 Å². The SMILES string of the molecule is CNC(=O)c1ccc(-c2cnc(OCC3CCN(C(=O)OC(C)(C)C)CC3)cn2)cc1. The molecule has 3 rings (SSSR count). The number of carbonyl (C=O) groups is 2. The first kappa shape index (κ1) is 22.5. The van der Waals surface area contributed by atoms with Crippen molar-refractivity contribution in [2.24, 2.45) is 5.92 Å². The lowest BCUT2D eigenvalue weighted by molar-refractivity contribution is 0.0164. The highest BCUT2D eigenvalue weighted by atomic mass is 16.6. The summed E-state index contributed by atoms with van der Waals surface area (Å²) in [6.45, 7) is 7.49. The van der Waals surface area contributed by atoms with Crippen LogP contribution >= 0.6 is 0 Å². The molecule has 0 spiro atoms. The predicted octanol–water partition coefficient (Wildman–Crippen LogP) is 3.53. The van der Waals surface area contributed by atoms with Crippen LogP contribution in [0.3, 0.4) is 0 Å². The molecule has 1 saturated heterocycles. The molecule has 0 saturated carbocycles. The Labute approximate surface area is 183 Å². The normalized spacial score (nSPS) is 14.8. The minimum atomic E-state index is -0.478. The Morgan fingerprint density at radius 2 is 1.77 bits per heavy atom. The van der Waals surface area contributed by atoms with Crippen molar-refractivity contribution in [2.45, 2.75) is 39.2 Å². The summed E-state index contributed by atoms with van der Waals surface area (Å²) in [6.07, 6.45) is 4.74. The number of amides is 2. The molecule has 1 aromatic heterocycles. The smallest absolute Gasteiger partial charge is 0.410 e. The average Bonchev–Trinajstić information content (AvgIpc) is 2.77. The molecule has 0 atom stereocenters. The minimum absolute atomic E-state index is 0.127. The van der Waals surface area contributed by atoms with Crippen LogP contribution in [0.1, 0.15) is 44.0 Å². The molecule has 2 aromatic rings. The molecule has 2 amide bonds. The van der Waals surface area contributed by atoms with Gasteiger partial charge in [0.05, 0.1) is 24.7 Å². The Bertz CT molecular complexity index is 883. The van der Waals surface area contributed by atoms with Gasteiger partial charge in [-0.1, -0.05) is 12.1 Å². The van der Waals surface area contributed by atoms with Gasteiger partial charge in [-0.2, -0.15) is 0 Å². The summed E-state index contributed by atoms with van der Waals surface area (Å²) < 4.78 is 11.2. The summed E-state index contributed by atoms with van der Waals surface area (Å²) in [5, 5.41) is 2.60. The van der Waals surface area contributed by atoms with Crippen molar-refractivity contribution < 1.29 is 19.1 Å². The highest BCUT2D eigenvalue weighted by molar-refractivity contribution is 5.94. The van der Waals surface area contributed by atoms with Gasteiger partial charge < -0.3 is 19.7 Å². The van der Waals surface area contributed by atoms with Crippen molar-refractivity contribution >= 4 is 12.0 Å². The third-order valence-electron chi connectivity index (χ3n) is 5.03. The molecule has 8 heteroatoms. The van der Waals surface area contributed by atoms with Crippen molar-refractivity contribution in [1.82, 2.24) is 20.2 Å². The Kier molecular flexibility index (Phi) is 7.09. The molecule has 8 nitrogen and oxygen atoms in total. The second-order valence-corrected chi connectivity index (χ2v) is 8.62. The summed E-state index contributed by atoms with van der Waals surface area (Å²) in [7, 11) is 1.60. The molecule has 166 valence electrons. The summed E-state index contributed by atoms with van der Waals surface area (Å²) in [5.41, 5.74) is 1.70. The molecule has 1 fully saturated rings. The molecule has 1 aliphatic rings. The molecule has 0 aliphatic carbocycles. The number of nitrogens with zero attached hydrogens (tertiary/aromatic N) is 3. The maximum Gasteiger partial charge on any atom is 0.410 e. The second kappa shape index (κ2) is 9.76. The number of rotatable bonds is 5. The third kappa shape index (κ3) is 6.41. The van der Waals surface area contributed by atoms with E-state index in [-0.39, 0.29) is 12.0 Å². The van der Waals surface area contributed by atoms with Crippen molar-refractivity contribution in [1.29, 1.82) is 0 Å². The lowest BCUT2D eigenvalue weighted by atomic mass is 9.98. The van der Waals surface area contributed by atoms with Crippen LogP contribution in [-0.4, -0.2) is 59.2 Å². The van der Waals surface area contributed by atoms with E-state index < -0.39 is 5.60 Å². The van der Waals surface area contributed by atoms with Crippen LogP contribution in [0.15, 0.2) is 36.7 Å². The zero-order valence-corrected chi connectivity index (χ0v) is 18.6. The summed E-state index contributed by atoms with van der Waals surface area (Å²) in [4.78, 5) is 34.3. The van der Waals surface area contributed by atoms with Gasteiger partial charge in [-0.15, -0.1) is 0 Å². The first-order chi connectivity index (χ1) is 14.7. The minimum Gasteiger partial charge on any atom is -0.476 e. The molecule has 2 heterocycles. The molecular weight excluding hydrogens is 396 g/mol. The van der Waals surface area contributed by atoms with E-state index in [2.05, 4.69) is 15.3 Å². The molecular formula is C23H30N4O4. The van der Waals surface area contributed by atoms with Crippen LogP contribution in [0.25, 0.3) is 11.3 Å². The van der Waals surface area contributed by atoms with Crippen LogP contribution in [0.4, 0.5) is 4.79 Å². The lowest BCUT2D eigenvalue weighted by Crippen LogP contribution is -2.42. The van der Waals surface area contributed by atoms with Gasteiger partial charge in [0.2, 0.25) is 5.88 Å². The van der Waals surface area contributed by atoms with Gasteiger partial charge in [0.25, 0.3) is 5.91 Å². The maximum absolute atomic E-state index is 12.2. The first-order valence-corrected chi connectivity index (χ1v) is 10.5. The second-order valence-electron chi connectivity index (χ2n) is 8.62. The van der Waals surface area contributed by atoms with E-state index in [1.807, 2.05) is 32.9 Å². The topological polar surface area (TPSA) is 93.7 Å². The van der Waals surface area contributed by atoms with Crippen molar-refractivity contribution in [3.05, 3.63) is 42.2 Å². The van der Waals surface area contributed by atoms with Crippen LogP contribution in [0.2, 0.25) is 0 Å². The number of nitrogens with one attached hydrogen (secondary N) is 1. The van der Waals surface area contributed by atoms with Gasteiger partial charge in [-0.3, -0.25) is 4.79 Å². The van der Waals surface area contributed by atoms with E-state index in [0.29, 0.717) is 42.8 Å². The van der Waals surface area contributed by atoms with Crippen molar-refractivity contribution in [3.8, 4) is 17.1 Å². The fourth-order valence-electron chi connectivity index (χ4n) is 3.29. The molecule has 1 aromatic carbocycles. The number of likely N-dealkylation sites (tertiary alicyclic amines) is 1. The Balaban J connectivity index is 1.47. The standard InChI is InChI=1S/C23H30N4O4/c1-23(2,3)31-22(29)27-11-9-16(10-12-27)15-30-20-14-25-19(13-26-20)17-5-7-18(8-6-17)21(28)24-4/h5-8,13-14,16H,9-12,15H2,1-4H3,(H,24,28). The van der Waals surface area contributed by atoms with E-state index >= 15 is 0 Å². The maximum atomic E-state index is 12.2. The van der Waals surface area contributed by atoms with Crippen molar-refractivity contribution in [3.63, 3.8) is 0 Å². The number of hydrogen-bond acceptors (Lipinski definition) is 6. The number of aromatic nitrogens is 2. The number of carbonyl (C=O) groups excluding carboxylic acids is 2. The fraction of sp³-hybridized carbons (Fsp3) is 0.478. The number of benzene rings is 1. The van der Waals surface area contributed by atoms with Crippen LogP contribution < -0.4 is 10.1 Å². The zero-order chi connectivity index (χ0) is 22.4. The van der Waals surface area contributed by atoms with Gasteiger partial charge in [-0.05, 0) is 51.7 Å². The quantitative estimate of drug-likeness (QED) is 0.786. The van der Waals surface area contributed by atoms with Crippen LogP contribution in [0, 0.1) is 5.92 Å². The summed E-state index contributed by atoms with van der Waals surface area (Å²) in [5.74, 6) is 0.705. The summed E-state index contributed by atoms with van der Waals surface area (Å²) >= 11 is 0. The van der Waals surface area contributed by atoms with E-state index in [4.69, 9.17) is 9.47 Å². The zero-order valence-electron chi connectivity index (χ0n) is 18.6. The molecule has 0 bridgehead atoms. The third-order valence-corrected chi connectivity index (χ3v) is 5.03. The molecule has 1 aliphatic heterocycles.